The summed E-state index contributed by atoms with van der Waals surface area (Å²) in [7, 11) is 1.59. The third-order valence-corrected chi connectivity index (χ3v) is 4.46. The summed E-state index contributed by atoms with van der Waals surface area (Å²) >= 11 is 0. The molecule has 3 heteroatoms. The lowest BCUT2D eigenvalue weighted by molar-refractivity contribution is 0.0724. The molecule has 2 aromatic rings. The standard InChI is InChI=1S/C23H30O3/c1-16(2)22-18(10-8-12-20(22)23(3,4)5)14-26-15-21(24)17-9-7-11-19(13-17)25-6/h7-13,16H,14-15H2,1-6H3. The molecule has 0 aliphatic rings. The second kappa shape index (κ2) is 8.50. The lowest BCUT2D eigenvalue weighted by Gasteiger charge is -2.27. The van der Waals surface area contributed by atoms with E-state index in [1.807, 2.05) is 12.1 Å². The van der Waals surface area contributed by atoms with E-state index < -0.39 is 0 Å². The van der Waals surface area contributed by atoms with Gasteiger partial charge in [-0.1, -0.05) is 65.0 Å². The van der Waals surface area contributed by atoms with Crippen LogP contribution in [0, 0.1) is 0 Å². The molecule has 0 aromatic heterocycles. The van der Waals surface area contributed by atoms with Gasteiger partial charge in [0.05, 0.1) is 13.7 Å². The summed E-state index contributed by atoms with van der Waals surface area (Å²) in [6.45, 7) is 11.6. The number of methoxy groups -OCH3 is 1. The van der Waals surface area contributed by atoms with Crippen LogP contribution in [0.15, 0.2) is 42.5 Å². The van der Waals surface area contributed by atoms with Gasteiger partial charge in [-0.2, -0.15) is 0 Å². The van der Waals surface area contributed by atoms with E-state index in [9.17, 15) is 4.79 Å². The van der Waals surface area contributed by atoms with Gasteiger partial charge in [0, 0.05) is 5.56 Å². The normalized spacial score (nSPS) is 11.7. The molecule has 0 aliphatic carbocycles. The molecule has 0 atom stereocenters. The molecule has 0 unspecified atom stereocenters. The molecule has 0 saturated heterocycles. The number of rotatable bonds is 7. The SMILES string of the molecule is COc1cccc(C(=O)COCc2cccc(C(C)(C)C)c2C(C)C)c1. The van der Waals surface area contributed by atoms with Crippen LogP contribution in [0.2, 0.25) is 0 Å². The minimum absolute atomic E-state index is 0.0398. The first-order chi connectivity index (χ1) is 12.2. The highest BCUT2D eigenvalue weighted by Crippen LogP contribution is 2.33. The molecule has 0 radical (unpaired) electrons. The molecule has 2 rings (SSSR count). The van der Waals surface area contributed by atoms with Crippen molar-refractivity contribution in [2.24, 2.45) is 0 Å². The molecule has 0 bridgehead atoms. The Morgan fingerprint density at radius 3 is 2.38 bits per heavy atom. The van der Waals surface area contributed by atoms with Crippen molar-refractivity contribution in [3.05, 3.63) is 64.7 Å². The van der Waals surface area contributed by atoms with Gasteiger partial charge in [-0.15, -0.1) is 0 Å². The fourth-order valence-electron chi connectivity index (χ4n) is 3.21. The summed E-state index contributed by atoms with van der Waals surface area (Å²) in [6.07, 6.45) is 0. The fraction of sp³-hybridized carbons (Fsp3) is 0.435. The molecule has 0 amide bonds. The average molecular weight is 354 g/mol. The van der Waals surface area contributed by atoms with E-state index in [1.165, 1.54) is 11.1 Å². The Morgan fingerprint density at radius 1 is 1.08 bits per heavy atom. The van der Waals surface area contributed by atoms with Crippen LogP contribution in [0.25, 0.3) is 0 Å². The van der Waals surface area contributed by atoms with Crippen LogP contribution in [0.3, 0.4) is 0 Å². The van der Waals surface area contributed by atoms with E-state index in [4.69, 9.17) is 9.47 Å². The summed E-state index contributed by atoms with van der Waals surface area (Å²) in [4.78, 5) is 12.4. The van der Waals surface area contributed by atoms with Gasteiger partial charge in [0.15, 0.2) is 5.78 Å². The summed E-state index contributed by atoms with van der Waals surface area (Å²) in [5.74, 6) is 1.04. The molecule has 0 saturated carbocycles. The minimum Gasteiger partial charge on any atom is -0.497 e. The fourth-order valence-corrected chi connectivity index (χ4v) is 3.21. The van der Waals surface area contributed by atoms with Crippen LogP contribution in [0.1, 0.15) is 67.6 Å². The molecule has 0 aliphatic heterocycles. The van der Waals surface area contributed by atoms with Crippen molar-refractivity contribution in [1.82, 2.24) is 0 Å². The number of Topliss-reactive ketones (excluding diaryl/α,β-unsaturated/α-hetero) is 1. The Bertz CT molecular complexity index is 754. The molecule has 0 spiro atoms. The van der Waals surface area contributed by atoms with Gasteiger partial charge in [-0.05, 0) is 40.2 Å². The van der Waals surface area contributed by atoms with Crippen molar-refractivity contribution in [3.8, 4) is 5.75 Å². The molecule has 3 nitrogen and oxygen atoms in total. The van der Waals surface area contributed by atoms with E-state index in [-0.39, 0.29) is 17.8 Å². The Kier molecular flexibility index (Phi) is 6.60. The number of carbonyl (C=O) groups excluding carboxylic acids is 1. The first-order valence-electron chi connectivity index (χ1n) is 9.11. The minimum atomic E-state index is -0.0398. The molecular weight excluding hydrogens is 324 g/mol. The zero-order valence-electron chi connectivity index (χ0n) is 16.8. The number of hydrogen-bond donors (Lipinski definition) is 0. The van der Waals surface area contributed by atoms with Crippen LogP contribution < -0.4 is 4.74 Å². The smallest absolute Gasteiger partial charge is 0.188 e. The van der Waals surface area contributed by atoms with Crippen LogP contribution in [-0.4, -0.2) is 19.5 Å². The van der Waals surface area contributed by atoms with Crippen LogP contribution >= 0.6 is 0 Å². The Hall–Kier alpha value is -2.13. The summed E-state index contributed by atoms with van der Waals surface area (Å²) in [5, 5.41) is 0. The van der Waals surface area contributed by atoms with Crippen molar-refractivity contribution in [1.29, 1.82) is 0 Å². The first-order valence-corrected chi connectivity index (χ1v) is 9.11. The maximum Gasteiger partial charge on any atom is 0.188 e. The molecule has 26 heavy (non-hydrogen) atoms. The number of hydrogen-bond acceptors (Lipinski definition) is 3. The Labute approximate surface area is 157 Å². The van der Waals surface area contributed by atoms with Gasteiger partial charge < -0.3 is 9.47 Å². The van der Waals surface area contributed by atoms with E-state index in [1.54, 1.807) is 19.2 Å². The second-order valence-corrected chi connectivity index (χ2v) is 7.93. The summed E-state index contributed by atoms with van der Waals surface area (Å²) < 4.78 is 11.0. The number of ketones is 1. The third-order valence-electron chi connectivity index (χ3n) is 4.46. The van der Waals surface area contributed by atoms with Crippen molar-refractivity contribution in [3.63, 3.8) is 0 Å². The summed E-state index contributed by atoms with van der Waals surface area (Å²) in [5.41, 5.74) is 4.51. The maximum atomic E-state index is 12.4. The summed E-state index contributed by atoms with van der Waals surface area (Å²) in [6, 6.07) is 13.5. The van der Waals surface area contributed by atoms with Gasteiger partial charge >= 0.3 is 0 Å². The average Bonchev–Trinajstić information content (AvgIpc) is 2.60. The van der Waals surface area contributed by atoms with Crippen molar-refractivity contribution < 1.29 is 14.3 Å². The van der Waals surface area contributed by atoms with Crippen molar-refractivity contribution in [2.45, 2.75) is 52.6 Å². The predicted molar refractivity (Wildman–Crippen MR) is 106 cm³/mol. The number of benzene rings is 2. The third kappa shape index (κ3) is 4.95. The maximum absolute atomic E-state index is 12.4. The van der Waals surface area contributed by atoms with Crippen molar-refractivity contribution in [2.75, 3.05) is 13.7 Å². The van der Waals surface area contributed by atoms with Crippen LogP contribution in [0.5, 0.6) is 5.75 Å². The van der Waals surface area contributed by atoms with Gasteiger partial charge in [0.25, 0.3) is 0 Å². The van der Waals surface area contributed by atoms with Gasteiger partial charge in [0.2, 0.25) is 0 Å². The molecule has 140 valence electrons. The zero-order valence-corrected chi connectivity index (χ0v) is 16.8. The van der Waals surface area contributed by atoms with Gasteiger partial charge in [-0.3, -0.25) is 4.79 Å². The predicted octanol–water partition coefficient (Wildman–Crippen LogP) is 5.52. The van der Waals surface area contributed by atoms with E-state index in [0.717, 1.165) is 5.56 Å². The Morgan fingerprint density at radius 2 is 1.77 bits per heavy atom. The van der Waals surface area contributed by atoms with Crippen molar-refractivity contribution >= 4 is 5.78 Å². The highest BCUT2D eigenvalue weighted by atomic mass is 16.5. The van der Waals surface area contributed by atoms with E-state index in [2.05, 4.69) is 52.8 Å². The highest BCUT2D eigenvalue weighted by molar-refractivity contribution is 5.97. The largest absolute Gasteiger partial charge is 0.497 e. The molecular formula is C23H30O3. The van der Waals surface area contributed by atoms with Crippen LogP contribution in [-0.2, 0) is 16.8 Å². The molecule has 0 N–H and O–H groups in total. The lowest BCUT2D eigenvalue weighted by atomic mass is 9.79. The molecule has 0 fully saturated rings. The first kappa shape index (κ1) is 20.2. The zero-order chi connectivity index (χ0) is 19.3. The van der Waals surface area contributed by atoms with E-state index in [0.29, 0.717) is 23.8 Å². The Balaban J connectivity index is 2.11. The molecule has 2 aromatic carbocycles. The van der Waals surface area contributed by atoms with E-state index >= 15 is 0 Å². The molecule has 0 heterocycles. The quantitative estimate of drug-likeness (QED) is 0.615. The van der Waals surface area contributed by atoms with Crippen LogP contribution in [0.4, 0.5) is 0 Å². The number of carbonyl (C=O) groups is 1. The number of ether oxygens (including phenoxy) is 2. The second-order valence-electron chi connectivity index (χ2n) is 7.93. The monoisotopic (exact) mass is 354 g/mol. The lowest BCUT2D eigenvalue weighted by Crippen LogP contribution is -2.17. The van der Waals surface area contributed by atoms with Gasteiger partial charge in [0.1, 0.15) is 12.4 Å². The topological polar surface area (TPSA) is 35.5 Å². The highest BCUT2D eigenvalue weighted by Gasteiger charge is 2.21. The van der Waals surface area contributed by atoms with Gasteiger partial charge in [-0.25, -0.2) is 0 Å².